The lowest BCUT2D eigenvalue weighted by molar-refractivity contribution is -0.104. The summed E-state index contributed by atoms with van der Waals surface area (Å²) >= 11 is 0. The molecule has 0 aliphatic heterocycles. The normalized spacial score (nSPS) is 46.2. The van der Waals surface area contributed by atoms with Gasteiger partial charge in [0, 0.05) is 0 Å². The van der Waals surface area contributed by atoms with Gasteiger partial charge in [-0.2, -0.15) is 8.42 Å². The zero-order valence-corrected chi connectivity index (χ0v) is 10.6. The molecule has 4 rings (SSSR count). The van der Waals surface area contributed by atoms with Crippen LogP contribution in [0.3, 0.4) is 0 Å². The summed E-state index contributed by atoms with van der Waals surface area (Å²) in [5.41, 5.74) is -0.302. The summed E-state index contributed by atoms with van der Waals surface area (Å²) in [4.78, 5) is 0. The maximum Gasteiger partial charge on any atom is 0.267 e. The molecule has 4 bridgehead atoms. The maximum atomic E-state index is 11.7. The van der Waals surface area contributed by atoms with E-state index in [0.29, 0.717) is 0 Å². The highest BCUT2D eigenvalue weighted by Crippen LogP contribution is 2.57. The standard InChI is InChI=1S/C12H20O3S/c1-2-16(13,14)15-12-6-9-3-10(7-12)5-11(4-9)8-12/h9-11H,2-8H2,1H3. The van der Waals surface area contributed by atoms with E-state index < -0.39 is 10.1 Å². The zero-order chi connectivity index (χ0) is 11.4. The van der Waals surface area contributed by atoms with Crippen LogP contribution in [0.15, 0.2) is 0 Å². The lowest BCUT2D eigenvalue weighted by Crippen LogP contribution is -2.52. The van der Waals surface area contributed by atoms with Crippen LogP contribution < -0.4 is 0 Å². The molecule has 16 heavy (non-hydrogen) atoms. The van der Waals surface area contributed by atoms with Crippen LogP contribution >= 0.6 is 0 Å². The Morgan fingerprint density at radius 2 is 1.50 bits per heavy atom. The van der Waals surface area contributed by atoms with Crippen LogP contribution in [0, 0.1) is 17.8 Å². The highest BCUT2D eigenvalue weighted by molar-refractivity contribution is 7.86. The van der Waals surface area contributed by atoms with Gasteiger partial charge in [0.15, 0.2) is 0 Å². The molecule has 0 N–H and O–H groups in total. The largest absolute Gasteiger partial charge is 0.267 e. The van der Waals surface area contributed by atoms with Gasteiger partial charge in [0.05, 0.1) is 11.4 Å². The van der Waals surface area contributed by atoms with Gasteiger partial charge < -0.3 is 0 Å². The minimum Gasteiger partial charge on any atom is -0.263 e. The summed E-state index contributed by atoms with van der Waals surface area (Å²) in [6.45, 7) is 1.66. The predicted octanol–water partition coefficient (Wildman–Crippen LogP) is 2.32. The van der Waals surface area contributed by atoms with Gasteiger partial charge in [0.1, 0.15) is 0 Å². The van der Waals surface area contributed by atoms with Gasteiger partial charge in [-0.3, -0.25) is 4.18 Å². The van der Waals surface area contributed by atoms with Crippen LogP contribution in [-0.2, 0) is 14.3 Å². The first-order valence-electron chi connectivity index (χ1n) is 6.43. The Labute approximate surface area is 97.7 Å². The summed E-state index contributed by atoms with van der Waals surface area (Å²) in [6.07, 6.45) is 6.90. The Hall–Kier alpha value is -0.0900. The first kappa shape index (κ1) is 11.0. The number of rotatable bonds is 3. The fourth-order valence-electron chi connectivity index (χ4n) is 4.46. The van der Waals surface area contributed by atoms with E-state index in [1.165, 1.54) is 19.3 Å². The molecule has 0 atom stereocenters. The van der Waals surface area contributed by atoms with E-state index in [-0.39, 0.29) is 11.4 Å². The molecule has 0 aromatic rings. The average Bonchev–Trinajstić information content (AvgIpc) is 2.13. The van der Waals surface area contributed by atoms with Crippen LogP contribution in [0.4, 0.5) is 0 Å². The zero-order valence-electron chi connectivity index (χ0n) is 9.81. The van der Waals surface area contributed by atoms with Crippen molar-refractivity contribution in [2.45, 2.75) is 51.0 Å². The molecule has 0 radical (unpaired) electrons. The molecule has 4 heteroatoms. The van der Waals surface area contributed by atoms with Crippen LogP contribution in [0.2, 0.25) is 0 Å². The van der Waals surface area contributed by atoms with Crippen molar-refractivity contribution < 1.29 is 12.6 Å². The molecule has 4 saturated carbocycles. The minimum atomic E-state index is -3.28. The van der Waals surface area contributed by atoms with Gasteiger partial charge >= 0.3 is 0 Å². The van der Waals surface area contributed by atoms with Crippen molar-refractivity contribution in [1.29, 1.82) is 0 Å². The Bertz CT molecular complexity index is 350. The van der Waals surface area contributed by atoms with Crippen molar-refractivity contribution in [3.63, 3.8) is 0 Å². The van der Waals surface area contributed by atoms with E-state index in [2.05, 4.69) is 0 Å². The van der Waals surface area contributed by atoms with Gasteiger partial charge in [0.2, 0.25) is 0 Å². The molecule has 92 valence electrons. The quantitative estimate of drug-likeness (QED) is 0.716. The SMILES string of the molecule is CCS(=O)(=O)OC12CC3CC(CC(C3)C1)C2. The molecule has 0 amide bonds. The first-order valence-corrected chi connectivity index (χ1v) is 8.01. The van der Waals surface area contributed by atoms with E-state index in [1.807, 2.05) is 0 Å². The van der Waals surface area contributed by atoms with Crippen molar-refractivity contribution in [1.82, 2.24) is 0 Å². The number of hydrogen-bond acceptors (Lipinski definition) is 3. The first-order chi connectivity index (χ1) is 7.50. The highest BCUT2D eigenvalue weighted by atomic mass is 32.2. The van der Waals surface area contributed by atoms with Gasteiger partial charge in [-0.15, -0.1) is 0 Å². The highest BCUT2D eigenvalue weighted by Gasteiger charge is 2.53. The van der Waals surface area contributed by atoms with Crippen LogP contribution in [0.1, 0.15) is 45.4 Å². The lowest BCUT2D eigenvalue weighted by Gasteiger charge is -2.55. The van der Waals surface area contributed by atoms with Gasteiger partial charge in [0.25, 0.3) is 10.1 Å². The minimum absolute atomic E-state index is 0.106. The third-order valence-electron chi connectivity index (χ3n) is 4.64. The van der Waals surface area contributed by atoms with Crippen LogP contribution in [0.25, 0.3) is 0 Å². The van der Waals surface area contributed by atoms with E-state index >= 15 is 0 Å². The summed E-state index contributed by atoms with van der Waals surface area (Å²) in [5, 5.41) is 0. The van der Waals surface area contributed by atoms with Gasteiger partial charge in [-0.25, -0.2) is 0 Å². The van der Waals surface area contributed by atoms with E-state index in [4.69, 9.17) is 4.18 Å². The smallest absolute Gasteiger partial charge is 0.263 e. The molecule has 3 nitrogen and oxygen atoms in total. The van der Waals surface area contributed by atoms with Gasteiger partial charge in [-0.05, 0) is 63.2 Å². The van der Waals surface area contributed by atoms with Crippen LogP contribution in [0.5, 0.6) is 0 Å². The third kappa shape index (κ3) is 1.80. The van der Waals surface area contributed by atoms with Crippen molar-refractivity contribution in [2.75, 3.05) is 5.75 Å². The predicted molar refractivity (Wildman–Crippen MR) is 61.4 cm³/mol. The second-order valence-electron chi connectivity index (χ2n) is 6.03. The third-order valence-corrected chi connectivity index (χ3v) is 5.95. The molecule has 4 aliphatic carbocycles. The molecule has 4 fully saturated rings. The Morgan fingerprint density at radius 3 is 1.88 bits per heavy atom. The topological polar surface area (TPSA) is 43.4 Å². The number of hydrogen-bond donors (Lipinski definition) is 0. The van der Waals surface area contributed by atoms with E-state index in [1.54, 1.807) is 6.92 Å². The Kier molecular flexibility index (Phi) is 2.38. The molecule has 0 aromatic heterocycles. The van der Waals surface area contributed by atoms with Crippen molar-refractivity contribution in [3.05, 3.63) is 0 Å². The molecule has 0 saturated heterocycles. The van der Waals surface area contributed by atoms with E-state index in [0.717, 1.165) is 37.0 Å². The molecule has 0 aromatic carbocycles. The molecular weight excluding hydrogens is 224 g/mol. The van der Waals surface area contributed by atoms with Crippen molar-refractivity contribution in [3.8, 4) is 0 Å². The summed E-state index contributed by atoms with van der Waals surface area (Å²) < 4.78 is 28.9. The second-order valence-corrected chi connectivity index (χ2v) is 7.89. The summed E-state index contributed by atoms with van der Waals surface area (Å²) in [5.74, 6) is 2.31. The van der Waals surface area contributed by atoms with Gasteiger partial charge in [-0.1, -0.05) is 0 Å². The molecule has 4 aliphatic rings. The van der Waals surface area contributed by atoms with Crippen molar-refractivity contribution in [2.24, 2.45) is 17.8 Å². The molecule has 0 heterocycles. The summed E-state index contributed by atoms with van der Waals surface area (Å²) in [6, 6.07) is 0. The molecular formula is C12H20O3S. The second kappa shape index (κ2) is 3.45. The average molecular weight is 244 g/mol. The fraction of sp³-hybridized carbons (Fsp3) is 1.00. The summed E-state index contributed by atoms with van der Waals surface area (Å²) in [7, 11) is -3.28. The molecule has 0 unspecified atom stereocenters. The fourth-order valence-corrected chi connectivity index (χ4v) is 5.32. The monoisotopic (exact) mass is 244 g/mol. The molecule has 0 spiro atoms. The Morgan fingerprint density at radius 1 is 1.06 bits per heavy atom. The van der Waals surface area contributed by atoms with Crippen LogP contribution in [-0.4, -0.2) is 19.8 Å². The van der Waals surface area contributed by atoms with E-state index in [9.17, 15) is 8.42 Å². The maximum absolute atomic E-state index is 11.7. The van der Waals surface area contributed by atoms with Crippen molar-refractivity contribution >= 4 is 10.1 Å². The lowest BCUT2D eigenvalue weighted by atomic mass is 9.54. The Balaban J connectivity index is 1.84.